The Bertz CT molecular complexity index is 727. The van der Waals surface area contributed by atoms with Crippen LogP contribution in [0, 0.1) is 0 Å². The summed E-state index contributed by atoms with van der Waals surface area (Å²) in [6, 6.07) is 8.88. The van der Waals surface area contributed by atoms with E-state index in [1.165, 1.54) is 23.2 Å². The number of aromatic nitrogens is 2. The van der Waals surface area contributed by atoms with Crippen molar-refractivity contribution in [2.75, 3.05) is 25.5 Å². The van der Waals surface area contributed by atoms with Crippen LogP contribution in [0.5, 0.6) is 5.75 Å². The van der Waals surface area contributed by atoms with Crippen LogP contribution in [0.2, 0.25) is 0 Å². The quantitative estimate of drug-likeness (QED) is 0.894. The van der Waals surface area contributed by atoms with Crippen molar-refractivity contribution in [1.82, 2.24) is 15.3 Å². The first-order chi connectivity index (χ1) is 12.3. The number of aryl methyl sites for hydroxylation is 1. The lowest BCUT2D eigenvalue weighted by atomic mass is 9.87. The van der Waals surface area contributed by atoms with Gasteiger partial charge in [-0.1, -0.05) is 6.07 Å². The number of nitrogens with zero attached hydrogens (tertiary/aromatic N) is 2. The van der Waals surface area contributed by atoms with Crippen molar-refractivity contribution < 1.29 is 4.74 Å². The number of benzene rings is 1. The maximum Gasteiger partial charge on any atom is 0.130 e. The van der Waals surface area contributed by atoms with E-state index in [9.17, 15) is 0 Å². The summed E-state index contributed by atoms with van der Waals surface area (Å²) in [7, 11) is 1.73. The van der Waals surface area contributed by atoms with Gasteiger partial charge in [0.25, 0.3) is 0 Å². The molecule has 0 amide bonds. The Labute approximate surface area is 149 Å². The van der Waals surface area contributed by atoms with Gasteiger partial charge in [-0.3, -0.25) is 0 Å². The topological polar surface area (TPSA) is 59.1 Å². The number of piperidine rings is 1. The van der Waals surface area contributed by atoms with Crippen molar-refractivity contribution in [1.29, 1.82) is 0 Å². The molecule has 1 atom stereocenters. The summed E-state index contributed by atoms with van der Waals surface area (Å²) < 4.78 is 5.37. The first-order valence-electron chi connectivity index (χ1n) is 9.29. The summed E-state index contributed by atoms with van der Waals surface area (Å²) in [6.07, 6.45) is 7.45. The number of nitrogens with one attached hydrogen (secondary N) is 2. The van der Waals surface area contributed by atoms with Crippen molar-refractivity contribution in [3.05, 3.63) is 47.4 Å². The number of anilines is 1. The largest absolute Gasteiger partial charge is 0.497 e. The van der Waals surface area contributed by atoms with Crippen LogP contribution >= 0.6 is 0 Å². The predicted octanol–water partition coefficient (Wildman–Crippen LogP) is 3.44. The Morgan fingerprint density at radius 2 is 2.00 bits per heavy atom. The molecule has 2 aliphatic rings. The van der Waals surface area contributed by atoms with Gasteiger partial charge in [-0.25, -0.2) is 9.97 Å². The molecule has 0 bridgehead atoms. The van der Waals surface area contributed by atoms with Crippen molar-refractivity contribution in [3.63, 3.8) is 0 Å². The second-order valence-corrected chi connectivity index (χ2v) is 7.01. The lowest BCUT2D eigenvalue weighted by molar-refractivity contribution is 0.413. The van der Waals surface area contributed by atoms with Crippen LogP contribution in [0.3, 0.4) is 0 Å². The van der Waals surface area contributed by atoms with Crippen LogP contribution in [0.4, 0.5) is 5.82 Å². The highest BCUT2D eigenvalue weighted by Crippen LogP contribution is 2.34. The summed E-state index contributed by atoms with van der Waals surface area (Å²) in [5.74, 6) is 2.43. The smallest absolute Gasteiger partial charge is 0.130 e. The van der Waals surface area contributed by atoms with Crippen LogP contribution in [-0.4, -0.2) is 30.2 Å². The summed E-state index contributed by atoms with van der Waals surface area (Å²) in [5, 5.41) is 7.06. The van der Waals surface area contributed by atoms with E-state index in [-0.39, 0.29) is 0 Å². The van der Waals surface area contributed by atoms with Gasteiger partial charge in [-0.2, -0.15) is 0 Å². The molecule has 1 aliphatic carbocycles. The molecule has 1 saturated heterocycles. The fraction of sp³-hybridized carbons (Fsp3) is 0.500. The molecule has 1 aromatic carbocycles. The zero-order valence-electron chi connectivity index (χ0n) is 14.8. The SMILES string of the molecule is COc1ccc2c(c1)CCC[C@H]2Nc1cc(C2CCNCC2)ncn1. The lowest BCUT2D eigenvalue weighted by Crippen LogP contribution is -2.27. The molecule has 1 aromatic heterocycles. The number of methoxy groups -OCH3 is 1. The van der Waals surface area contributed by atoms with Crippen LogP contribution in [-0.2, 0) is 6.42 Å². The highest BCUT2D eigenvalue weighted by Gasteiger charge is 2.22. The van der Waals surface area contributed by atoms with E-state index in [1.807, 2.05) is 0 Å². The van der Waals surface area contributed by atoms with Gasteiger partial charge in [0.15, 0.2) is 0 Å². The Hall–Kier alpha value is -2.14. The van der Waals surface area contributed by atoms with Gasteiger partial charge < -0.3 is 15.4 Å². The zero-order chi connectivity index (χ0) is 17.1. The summed E-state index contributed by atoms with van der Waals surface area (Å²) in [6.45, 7) is 2.16. The summed E-state index contributed by atoms with van der Waals surface area (Å²) >= 11 is 0. The highest BCUT2D eigenvalue weighted by molar-refractivity contribution is 5.45. The summed E-state index contributed by atoms with van der Waals surface area (Å²) in [4.78, 5) is 9.00. The van der Waals surface area contributed by atoms with E-state index in [4.69, 9.17) is 4.74 Å². The molecule has 0 saturated carbocycles. The van der Waals surface area contributed by atoms with E-state index in [0.717, 1.165) is 50.3 Å². The molecular weight excluding hydrogens is 312 g/mol. The minimum absolute atomic E-state index is 0.311. The van der Waals surface area contributed by atoms with Gasteiger partial charge in [0, 0.05) is 17.7 Å². The predicted molar refractivity (Wildman–Crippen MR) is 99.2 cm³/mol. The second kappa shape index (κ2) is 7.40. The van der Waals surface area contributed by atoms with Gasteiger partial charge in [0.1, 0.15) is 17.9 Å². The van der Waals surface area contributed by atoms with Gasteiger partial charge in [0.2, 0.25) is 0 Å². The number of hydrogen-bond donors (Lipinski definition) is 2. The minimum atomic E-state index is 0.311. The molecule has 2 N–H and O–H groups in total. The van der Waals surface area contributed by atoms with Gasteiger partial charge in [0.05, 0.1) is 13.2 Å². The highest BCUT2D eigenvalue weighted by atomic mass is 16.5. The first kappa shape index (κ1) is 16.3. The average molecular weight is 338 g/mol. The Morgan fingerprint density at radius 3 is 2.84 bits per heavy atom. The zero-order valence-corrected chi connectivity index (χ0v) is 14.8. The minimum Gasteiger partial charge on any atom is -0.497 e. The molecule has 1 fully saturated rings. The molecule has 1 aliphatic heterocycles. The first-order valence-corrected chi connectivity index (χ1v) is 9.29. The fourth-order valence-electron chi connectivity index (χ4n) is 4.04. The van der Waals surface area contributed by atoms with Crippen LogP contribution in [0.1, 0.15) is 54.5 Å². The summed E-state index contributed by atoms with van der Waals surface area (Å²) in [5.41, 5.74) is 3.93. The molecule has 5 heteroatoms. The van der Waals surface area contributed by atoms with Gasteiger partial charge >= 0.3 is 0 Å². The van der Waals surface area contributed by atoms with Crippen LogP contribution in [0.15, 0.2) is 30.6 Å². The Balaban J connectivity index is 1.53. The average Bonchev–Trinajstić information content (AvgIpc) is 2.69. The molecule has 2 aromatic rings. The van der Waals surface area contributed by atoms with E-state index >= 15 is 0 Å². The van der Waals surface area contributed by atoms with Crippen molar-refractivity contribution in [2.24, 2.45) is 0 Å². The monoisotopic (exact) mass is 338 g/mol. The normalized spacial score (nSPS) is 20.8. The molecule has 25 heavy (non-hydrogen) atoms. The van der Waals surface area contributed by atoms with Crippen molar-refractivity contribution in [3.8, 4) is 5.75 Å². The van der Waals surface area contributed by atoms with E-state index in [0.29, 0.717) is 12.0 Å². The molecule has 0 radical (unpaired) electrons. The maximum atomic E-state index is 5.37. The Morgan fingerprint density at radius 1 is 1.12 bits per heavy atom. The number of rotatable bonds is 4. The molecule has 4 rings (SSSR count). The molecule has 0 unspecified atom stereocenters. The van der Waals surface area contributed by atoms with Crippen molar-refractivity contribution >= 4 is 5.82 Å². The van der Waals surface area contributed by atoms with Crippen molar-refractivity contribution in [2.45, 2.75) is 44.1 Å². The number of hydrogen-bond acceptors (Lipinski definition) is 5. The molecule has 132 valence electrons. The second-order valence-electron chi connectivity index (χ2n) is 7.01. The van der Waals surface area contributed by atoms with Crippen LogP contribution < -0.4 is 15.4 Å². The van der Waals surface area contributed by atoms with Crippen LogP contribution in [0.25, 0.3) is 0 Å². The molecule has 0 spiro atoms. The number of ether oxygens (including phenoxy) is 1. The van der Waals surface area contributed by atoms with E-state index in [2.05, 4.69) is 44.9 Å². The third-order valence-corrected chi connectivity index (χ3v) is 5.43. The third-order valence-electron chi connectivity index (χ3n) is 5.43. The fourth-order valence-corrected chi connectivity index (χ4v) is 4.04. The lowest BCUT2D eigenvalue weighted by Gasteiger charge is -2.28. The Kier molecular flexibility index (Phi) is 4.83. The number of fused-ring (bicyclic) bond motifs is 1. The standard InChI is InChI=1S/C20H26N4O/c1-25-16-5-6-17-15(11-16)3-2-4-18(17)24-20-12-19(22-13-23-20)14-7-9-21-10-8-14/h5-6,11-14,18,21H,2-4,7-10H2,1H3,(H,22,23,24)/t18-/m1/s1. The molecule has 5 nitrogen and oxygen atoms in total. The molecular formula is C20H26N4O. The maximum absolute atomic E-state index is 5.37. The molecule has 2 heterocycles. The van der Waals surface area contributed by atoms with Gasteiger partial charge in [-0.15, -0.1) is 0 Å². The van der Waals surface area contributed by atoms with E-state index in [1.54, 1.807) is 13.4 Å². The van der Waals surface area contributed by atoms with Gasteiger partial charge in [-0.05, 0) is 68.5 Å². The third kappa shape index (κ3) is 3.61. The van der Waals surface area contributed by atoms with E-state index < -0.39 is 0 Å².